The monoisotopic (exact) mass is 406 g/mol. The van der Waals surface area contributed by atoms with Crippen LogP contribution in [0.1, 0.15) is 17.5 Å². The predicted molar refractivity (Wildman–Crippen MR) is 80.2 cm³/mol. The van der Waals surface area contributed by atoms with Crippen molar-refractivity contribution in [3.8, 4) is 0 Å². The number of halogens is 5. The van der Waals surface area contributed by atoms with Gasteiger partial charge >= 0.3 is 0 Å². The maximum atomic E-state index is 13.7. The second-order valence-corrected chi connectivity index (χ2v) is 13.0. The van der Waals surface area contributed by atoms with Crippen LogP contribution in [0.4, 0.5) is 13.2 Å². The lowest BCUT2D eigenvalue weighted by Crippen LogP contribution is -2.16. The van der Waals surface area contributed by atoms with Gasteiger partial charge in [0.15, 0.2) is 17.5 Å². The Hall–Kier alpha value is 0.247. The molecule has 0 unspecified atom stereocenters. The van der Waals surface area contributed by atoms with Gasteiger partial charge in [0.25, 0.3) is 0 Å². The molecule has 103 valence electrons. The molecule has 0 aromatic heterocycles. The smallest absolute Gasteiger partial charge is 0.195 e. The minimum absolute atomic E-state index is 0.173. The summed E-state index contributed by atoms with van der Waals surface area (Å²) < 4.78 is 40.8. The largest absolute Gasteiger partial charge is 0.355 e. The fourth-order valence-electron chi connectivity index (χ4n) is 1.72. The first-order valence-electron chi connectivity index (χ1n) is 5.65. The van der Waals surface area contributed by atoms with E-state index in [0.717, 1.165) is 6.04 Å². The Bertz CT molecular complexity index is 429. The van der Waals surface area contributed by atoms with Gasteiger partial charge in [0.1, 0.15) is 0 Å². The van der Waals surface area contributed by atoms with Crippen LogP contribution in [0.3, 0.4) is 0 Å². The van der Waals surface area contributed by atoms with Crippen molar-refractivity contribution in [3.63, 3.8) is 0 Å². The summed E-state index contributed by atoms with van der Waals surface area (Å²) in [5, 5.41) is 0. The lowest BCUT2D eigenvalue weighted by Gasteiger charge is -2.25. The summed E-state index contributed by atoms with van der Waals surface area (Å²) in [5.74, 6) is -3.52. The highest BCUT2D eigenvalue weighted by Gasteiger charge is 2.20. The van der Waals surface area contributed by atoms with Gasteiger partial charge in [0.2, 0.25) is 0 Å². The van der Waals surface area contributed by atoms with E-state index in [-0.39, 0.29) is 11.1 Å². The van der Waals surface area contributed by atoms with Crippen molar-refractivity contribution >= 4 is 41.1 Å². The summed E-state index contributed by atoms with van der Waals surface area (Å²) in [4.78, 5) is 0. The summed E-state index contributed by atoms with van der Waals surface area (Å²) >= 11 is 8.04. The number of rotatable bonds is 4. The van der Waals surface area contributed by atoms with E-state index in [1.54, 1.807) is 0 Å². The van der Waals surface area contributed by atoms with Gasteiger partial charge in [-0.2, -0.15) is 13.1 Å². The SMILES string of the molecule is Cc1c(F)c(F)c(F)c(CCC[Si-](C)(C)Cl)c1I. The molecule has 0 bridgehead atoms. The van der Waals surface area contributed by atoms with Crippen LogP contribution in [0.15, 0.2) is 0 Å². The fraction of sp³-hybridized carbons (Fsp3) is 0.500. The first-order valence-corrected chi connectivity index (χ1v) is 10.9. The Morgan fingerprint density at radius 3 is 2.17 bits per heavy atom. The molecule has 0 aliphatic carbocycles. The van der Waals surface area contributed by atoms with Crippen molar-refractivity contribution in [1.29, 1.82) is 0 Å². The average molecular weight is 407 g/mol. The van der Waals surface area contributed by atoms with E-state index in [9.17, 15) is 13.2 Å². The van der Waals surface area contributed by atoms with Crippen molar-refractivity contribution in [2.45, 2.75) is 38.9 Å². The van der Waals surface area contributed by atoms with Crippen molar-refractivity contribution in [2.75, 3.05) is 0 Å². The van der Waals surface area contributed by atoms with Gasteiger partial charge in [-0.15, -0.1) is 6.04 Å². The number of benzene rings is 1. The van der Waals surface area contributed by atoms with Crippen LogP contribution in [0.2, 0.25) is 19.1 Å². The maximum Gasteiger partial charge on any atom is 0.195 e. The molecule has 1 aromatic carbocycles. The molecule has 0 saturated heterocycles. The van der Waals surface area contributed by atoms with Gasteiger partial charge in [-0.3, -0.25) is 0 Å². The molecular weight excluding hydrogens is 392 g/mol. The van der Waals surface area contributed by atoms with E-state index in [4.69, 9.17) is 11.1 Å². The molecular formula is C12H15ClF3ISi-. The van der Waals surface area contributed by atoms with Crippen LogP contribution in [0, 0.1) is 27.9 Å². The van der Waals surface area contributed by atoms with Crippen molar-refractivity contribution < 1.29 is 13.2 Å². The van der Waals surface area contributed by atoms with Crippen LogP contribution in [-0.4, -0.2) is 7.38 Å². The van der Waals surface area contributed by atoms with Gasteiger partial charge in [-0.1, -0.05) is 13.8 Å². The Kier molecular flexibility index (Phi) is 5.55. The highest BCUT2D eigenvalue weighted by molar-refractivity contribution is 14.1. The second-order valence-electron chi connectivity index (χ2n) is 4.93. The molecule has 0 aliphatic heterocycles. The summed E-state index contributed by atoms with van der Waals surface area (Å²) in [6.45, 7) is 5.47. The lowest BCUT2D eigenvalue weighted by atomic mass is 10.1. The van der Waals surface area contributed by atoms with Crippen LogP contribution >= 0.6 is 33.7 Å². The fourth-order valence-corrected chi connectivity index (χ4v) is 3.88. The zero-order valence-corrected chi connectivity index (χ0v) is 14.4. The van der Waals surface area contributed by atoms with Crippen molar-refractivity contribution in [3.05, 3.63) is 32.1 Å². The van der Waals surface area contributed by atoms with Gasteiger partial charge in [-0.25, -0.2) is 13.2 Å². The van der Waals surface area contributed by atoms with Crippen LogP contribution in [0.5, 0.6) is 0 Å². The topological polar surface area (TPSA) is 0 Å². The van der Waals surface area contributed by atoms with Gasteiger partial charge in [-0.05, 0) is 35.9 Å². The molecule has 0 radical (unpaired) electrons. The van der Waals surface area contributed by atoms with E-state index in [0.29, 0.717) is 16.4 Å². The zero-order chi connectivity index (χ0) is 14.1. The second kappa shape index (κ2) is 6.13. The first-order chi connectivity index (χ1) is 8.15. The third-order valence-electron chi connectivity index (χ3n) is 2.77. The number of hydrogen-bond donors (Lipinski definition) is 0. The Balaban J connectivity index is 2.96. The lowest BCUT2D eigenvalue weighted by molar-refractivity contribution is 0.435. The van der Waals surface area contributed by atoms with Crippen molar-refractivity contribution in [1.82, 2.24) is 0 Å². The predicted octanol–water partition coefficient (Wildman–Crippen LogP) is 5.39. The third-order valence-corrected chi connectivity index (χ3v) is 6.34. The standard InChI is InChI=1S/C12H15ClF3ISi/c1-7-9(14)11(16)10(15)8(12(7)17)5-4-6-18(2,3)13/h4-6H2,1-3H3/q-1. The summed E-state index contributed by atoms with van der Waals surface area (Å²) in [6.07, 6.45) is 1.09. The molecule has 0 spiro atoms. The van der Waals surface area contributed by atoms with Gasteiger partial charge in [0, 0.05) is 14.7 Å². The van der Waals surface area contributed by atoms with Gasteiger partial charge < -0.3 is 11.1 Å². The van der Waals surface area contributed by atoms with Crippen LogP contribution in [-0.2, 0) is 6.42 Å². The molecule has 0 amide bonds. The molecule has 0 aliphatic rings. The molecule has 0 fully saturated rings. The molecule has 0 N–H and O–H groups in total. The average Bonchev–Trinajstić information content (AvgIpc) is 2.27. The highest BCUT2D eigenvalue weighted by Crippen LogP contribution is 2.28. The Labute approximate surface area is 125 Å². The summed E-state index contributed by atoms with van der Waals surface area (Å²) in [7, 11) is -1.70. The first kappa shape index (κ1) is 16.3. The molecule has 0 atom stereocenters. The summed E-state index contributed by atoms with van der Waals surface area (Å²) in [5.41, 5.74) is 0.439. The molecule has 0 heterocycles. The summed E-state index contributed by atoms with van der Waals surface area (Å²) in [6, 6.07) is 0.822. The minimum atomic E-state index is -1.70. The normalized spacial score (nSPS) is 12.0. The number of hydrogen-bond acceptors (Lipinski definition) is 0. The molecule has 0 nitrogen and oxygen atoms in total. The molecule has 6 heteroatoms. The molecule has 1 aromatic rings. The van der Waals surface area contributed by atoms with Crippen LogP contribution < -0.4 is 0 Å². The Morgan fingerprint density at radius 2 is 1.67 bits per heavy atom. The quantitative estimate of drug-likeness (QED) is 0.207. The third kappa shape index (κ3) is 3.87. The zero-order valence-electron chi connectivity index (χ0n) is 10.5. The van der Waals surface area contributed by atoms with E-state index < -0.39 is 24.8 Å². The van der Waals surface area contributed by atoms with E-state index in [1.165, 1.54) is 6.92 Å². The van der Waals surface area contributed by atoms with Crippen LogP contribution in [0.25, 0.3) is 0 Å². The maximum absolute atomic E-state index is 13.7. The minimum Gasteiger partial charge on any atom is -0.355 e. The molecule has 18 heavy (non-hydrogen) atoms. The van der Waals surface area contributed by atoms with E-state index >= 15 is 0 Å². The Morgan fingerprint density at radius 1 is 1.11 bits per heavy atom. The molecule has 0 saturated carbocycles. The van der Waals surface area contributed by atoms with E-state index in [2.05, 4.69) is 0 Å². The molecule has 1 rings (SSSR count). The van der Waals surface area contributed by atoms with E-state index in [1.807, 2.05) is 35.7 Å². The van der Waals surface area contributed by atoms with Crippen molar-refractivity contribution in [2.24, 2.45) is 0 Å². The highest BCUT2D eigenvalue weighted by atomic mass is 127. The van der Waals surface area contributed by atoms with Gasteiger partial charge in [0.05, 0.1) is 0 Å².